The molecule has 1 heterocycles. The number of benzene rings is 1. The van der Waals surface area contributed by atoms with Crippen molar-refractivity contribution in [3.63, 3.8) is 0 Å². The number of halogens is 3. The second-order valence-corrected chi connectivity index (χ2v) is 5.56. The lowest BCUT2D eigenvalue weighted by atomic mass is 10.1. The van der Waals surface area contributed by atoms with Gasteiger partial charge in [0.05, 0.1) is 12.5 Å². The van der Waals surface area contributed by atoms with E-state index in [4.69, 9.17) is 0 Å². The van der Waals surface area contributed by atoms with Gasteiger partial charge in [0.15, 0.2) is 5.69 Å². The molecule has 0 spiro atoms. The third-order valence-corrected chi connectivity index (χ3v) is 3.57. The highest BCUT2D eigenvalue weighted by molar-refractivity contribution is 5.92. The first-order chi connectivity index (χ1) is 10.7. The summed E-state index contributed by atoms with van der Waals surface area (Å²) >= 11 is 0. The lowest BCUT2D eigenvalue weighted by Gasteiger charge is -2.14. The largest absolute Gasteiger partial charge is 0.435 e. The smallest absolute Gasteiger partial charge is 0.326 e. The van der Waals surface area contributed by atoms with E-state index in [1.165, 1.54) is 11.6 Å². The average molecular weight is 325 g/mol. The van der Waals surface area contributed by atoms with Crippen LogP contribution in [0.2, 0.25) is 0 Å². The second-order valence-electron chi connectivity index (χ2n) is 5.56. The summed E-state index contributed by atoms with van der Waals surface area (Å²) in [6, 6.07) is 8.29. The van der Waals surface area contributed by atoms with Crippen LogP contribution in [0.25, 0.3) is 0 Å². The number of hydrogen-bond donors (Lipinski definition) is 1. The van der Waals surface area contributed by atoms with E-state index in [9.17, 15) is 18.0 Å². The highest BCUT2D eigenvalue weighted by Crippen LogP contribution is 2.28. The van der Waals surface area contributed by atoms with Crippen LogP contribution in [0.15, 0.2) is 30.3 Å². The molecule has 1 aromatic heterocycles. The summed E-state index contributed by atoms with van der Waals surface area (Å²) in [5.74, 6) is -0.781. The van der Waals surface area contributed by atoms with E-state index >= 15 is 0 Å². The van der Waals surface area contributed by atoms with E-state index in [1.54, 1.807) is 19.1 Å². The van der Waals surface area contributed by atoms with Crippen LogP contribution in [0.4, 0.5) is 18.9 Å². The fourth-order valence-electron chi connectivity index (χ4n) is 2.14. The van der Waals surface area contributed by atoms with E-state index in [0.717, 1.165) is 11.6 Å². The Bertz CT molecular complexity index is 707. The minimum absolute atomic E-state index is 0.0830. The number of amides is 1. The maximum Gasteiger partial charge on any atom is 0.435 e. The van der Waals surface area contributed by atoms with Crippen LogP contribution < -0.4 is 5.32 Å². The zero-order chi connectivity index (χ0) is 17.2. The summed E-state index contributed by atoms with van der Waals surface area (Å²) in [5, 5.41) is 6.32. The van der Waals surface area contributed by atoms with Crippen LogP contribution in [-0.2, 0) is 17.5 Å². The summed E-state index contributed by atoms with van der Waals surface area (Å²) in [6.45, 7) is 5.14. The molecular weight excluding hydrogens is 307 g/mol. The molecule has 0 aliphatic heterocycles. The fourth-order valence-corrected chi connectivity index (χ4v) is 2.14. The van der Waals surface area contributed by atoms with Gasteiger partial charge in [-0.05, 0) is 31.5 Å². The van der Waals surface area contributed by atoms with Gasteiger partial charge in [-0.1, -0.05) is 25.1 Å². The number of aryl methyl sites for hydroxylation is 2. The first-order valence-corrected chi connectivity index (χ1v) is 7.16. The molecule has 0 saturated carbocycles. The molecule has 1 amide bonds. The van der Waals surface area contributed by atoms with Crippen molar-refractivity contribution in [2.45, 2.75) is 33.5 Å². The summed E-state index contributed by atoms with van der Waals surface area (Å²) in [4.78, 5) is 12.2. The van der Waals surface area contributed by atoms with Crippen molar-refractivity contribution < 1.29 is 18.0 Å². The van der Waals surface area contributed by atoms with Crippen molar-refractivity contribution in [2.75, 3.05) is 5.32 Å². The highest BCUT2D eigenvalue weighted by atomic mass is 19.4. The molecule has 2 aromatic rings. The predicted octanol–water partition coefficient (Wildman–Crippen LogP) is 3.79. The van der Waals surface area contributed by atoms with Crippen molar-refractivity contribution in [1.29, 1.82) is 0 Å². The lowest BCUT2D eigenvalue weighted by Crippen LogP contribution is -2.25. The molecule has 1 atom stereocenters. The van der Waals surface area contributed by atoms with Gasteiger partial charge >= 0.3 is 6.18 Å². The highest BCUT2D eigenvalue weighted by Gasteiger charge is 2.34. The van der Waals surface area contributed by atoms with Gasteiger partial charge in [0.25, 0.3) is 0 Å². The number of rotatable bonds is 4. The van der Waals surface area contributed by atoms with E-state index in [1.807, 2.05) is 19.1 Å². The minimum atomic E-state index is -4.48. The summed E-state index contributed by atoms with van der Waals surface area (Å²) in [7, 11) is 0. The summed E-state index contributed by atoms with van der Waals surface area (Å²) in [6.07, 6.45) is -4.48. The first-order valence-electron chi connectivity index (χ1n) is 7.16. The van der Waals surface area contributed by atoms with Gasteiger partial charge in [0, 0.05) is 11.4 Å². The molecule has 0 bridgehead atoms. The van der Waals surface area contributed by atoms with Crippen molar-refractivity contribution in [1.82, 2.24) is 9.78 Å². The quantitative estimate of drug-likeness (QED) is 0.929. The predicted molar refractivity (Wildman–Crippen MR) is 80.9 cm³/mol. The molecule has 23 heavy (non-hydrogen) atoms. The molecule has 0 fully saturated rings. The molecule has 0 saturated heterocycles. The average Bonchev–Trinajstić information content (AvgIpc) is 2.82. The molecule has 124 valence electrons. The molecule has 0 radical (unpaired) electrons. The Morgan fingerprint density at radius 3 is 2.52 bits per heavy atom. The lowest BCUT2D eigenvalue weighted by molar-refractivity contribution is -0.141. The molecule has 1 aromatic carbocycles. The molecule has 0 unspecified atom stereocenters. The van der Waals surface area contributed by atoms with Crippen LogP contribution in [0.1, 0.15) is 23.9 Å². The maximum absolute atomic E-state index is 12.7. The Kier molecular flexibility index (Phi) is 4.77. The zero-order valence-electron chi connectivity index (χ0n) is 13.1. The SMILES string of the molecule is Cc1ccccc1NC(=O)[C@H](C)Cn1nc(C(F)(F)F)cc1C. The molecular formula is C16H18F3N3O. The normalized spacial score (nSPS) is 13.0. The molecule has 4 nitrogen and oxygen atoms in total. The molecule has 0 aliphatic carbocycles. The van der Waals surface area contributed by atoms with Gasteiger partial charge in [-0.25, -0.2) is 0 Å². The van der Waals surface area contributed by atoms with Crippen LogP contribution >= 0.6 is 0 Å². The van der Waals surface area contributed by atoms with Crippen molar-refractivity contribution in [2.24, 2.45) is 5.92 Å². The van der Waals surface area contributed by atoms with Gasteiger partial charge in [-0.3, -0.25) is 9.48 Å². The Hall–Kier alpha value is -2.31. The van der Waals surface area contributed by atoms with Gasteiger partial charge in [-0.15, -0.1) is 0 Å². The Morgan fingerprint density at radius 2 is 1.96 bits per heavy atom. The number of aromatic nitrogens is 2. The maximum atomic E-state index is 12.7. The minimum Gasteiger partial charge on any atom is -0.326 e. The van der Waals surface area contributed by atoms with Crippen LogP contribution in [0.5, 0.6) is 0 Å². The topological polar surface area (TPSA) is 46.9 Å². The number of alkyl halides is 3. The second kappa shape index (κ2) is 6.44. The number of carbonyl (C=O) groups is 1. The van der Waals surface area contributed by atoms with Crippen LogP contribution in [0, 0.1) is 19.8 Å². The number of anilines is 1. The number of para-hydroxylation sites is 1. The standard InChI is InChI=1S/C16H18F3N3O/c1-10-6-4-5-7-13(10)20-15(23)11(2)9-22-12(3)8-14(21-22)16(17,18)19/h4-8,11H,9H2,1-3H3,(H,20,23)/t11-/m1/s1. The summed E-state index contributed by atoms with van der Waals surface area (Å²) < 4.78 is 39.2. The van der Waals surface area contributed by atoms with E-state index in [-0.39, 0.29) is 12.5 Å². The number of carbonyl (C=O) groups excluding carboxylic acids is 1. The summed E-state index contributed by atoms with van der Waals surface area (Å²) in [5.41, 5.74) is 1.04. The Morgan fingerprint density at radius 1 is 1.30 bits per heavy atom. The van der Waals surface area contributed by atoms with Gasteiger partial charge in [0.2, 0.25) is 5.91 Å². The molecule has 2 rings (SSSR count). The van der Waals surface area contributed by atoms with Gasteiger partial charge in [-0.2, -0.15) is 18.3 Å². The Balaban J connectivity index is 2.07. The fraction of sp³-hybridized carbons (Fsp3) is 0.375. The molecule has 1 N–H and O–H groups in total. The number of nitrogens with zero attached hydrogens (tertiary/aromatic N) is 2. The number of hydrogen-bond acceptors (Lipinski definition) is 2. The monoisotopic (exact) mass is 325 g/mol. The molecule has 0 aliphatic rings. The van der Waals surface area contributed by atoms with Crippen LogP contribution in [0.3, 0.4) is 0 Å². The third-order valence-electron chi connectivity index (χ3n) is 3.57. The zero-order valence-corrected chi connectivity index (χ0v) is 13.1. The van der Waals surface area contributed by atoms with Crippen molar-refractivity contribution >= 4 is 11.6 Å². The van der Waals surface area contributed by atoms with Gasteiger partial charge < -0.3 is 5.32 Å². The van der Waals surface area contributed by atoms with Crippen molar-refractivity contribution in [3.05, 3.63) is 47.3 Å². The Labute approximate surface area is 132 Å². The molecule has 7 heteroatoms. The first kappa shape index (κ1) is 17.1. The number of nitrogens with one attached hydrogen (secondary N) is 1. The van der Waals surface area contributed by atoms with E-state index in [0.29, 0.717) is 11.4 Å². The van der Waals surface area contributed by atoms with Crippen LogP contribution in [-0.4, -0.2) is 15.7 Å². The van der Waals surface area contributed by atoms with E-state index < -0.39 is 17.8 Å². The van der Waals surface area contributed by atoms with E-state index in [2.05, 4.69) is 10.4 Å². The third kappa shape index (κ3) is 4.12. The van der Waals surface area contributed by atoms with Gasteiger partial charge in [0.1, 0.15) is 0 Å². The van der Waals surface area contributed by atoms with Crippen molar-refractivity contribution in [3.8, 4) is 0 Å².